The molecule has 0 radical (unpaired) electrons. The lowest BCUT2D eigenvalue weighted by Crippen LogP contribution is -2.23. The number of benzene rings is 2. The molecular weight excluding hydrogens is 228 g/mol. The van der Waals surface area contributed by atoms with Gasteiger partial charge in [0.15, 0.2) is 0 Å². The SMILES string of the molecule is CC(C)c1ccc2c3c(ccc2c1)C(C)(C)CCC3. The van der Waals surface area contributed by atoms with Crippen LogP contribution in [0.15, 0.2) is 30.3 Å². The lowest BCUT2D eigenvalue weighted by molar-refractivity contribution is 0.433. The molecule has 0 unspecified atom stereocenters. The molecule has 2 aromatic rings. The summed E-state index contributed by atoms with van der Waals surface area (Å²) in [6, 6.07) is 11.7. The second-order valence-corrected chi connectivity index (χ2v) is 6.96. The minimum atomic E-state index is 0.346. The summed E-state index contributed by atoms with van der Waals surface area (Å²) in [5.74, 6) is 0.608. The molecule has 0 aromatic heterocycles. The Labute approximate surface area is 116 Å². The standard InChI is InChI=1S/C19H24/c1-13(2)14-7-9-16-15(12-14)8-10-18-17(16)6-5-11-19(18,3)4/h7-10,12-13H,5-6,11H2,1-4H3. The van der Waals surface area contributed by atoms with Gasteiger partial charge in [-0.3, -0.25) is 0 Å². The minimum absolute atomic E-state index is 0.346. The summed E-state index contributed by atoms with van der Waals surface area (Å²) in [4.78, 5) is 0. The van der Waals surface area contributed by atoms with Gasteiger partial charge in [0.05, 0.1) is 0 Å². The highest BCUT2D eigenvalue weighted by molar-refractivity contribution is 5.88. The summed E-state index contributed by atoms with van der Waals surface area (Å²) in [6.07, 6.45) is 3.89. The maximum absolute atomic E-state index is 2.39. The van der Waals surface area contributed by atoms with Gasteiger partial charge >= 0.3 is 0 Å². The molecule has 0 atom stereocenters. The molecule has 0 heterocycles. The zero-order chi connectivity index (χ0) is 13.6. The van der Waals surface area contributed by atoms with E-state index in [9.17, 15) is 0 Å². The predicted molar refractivity (Wildman–Crippen MR) is 84.0 cm³/mol. The van der Waals surface area contributed by atoms with E-state index in [-0.39, 0.29) is 0 Å². The van der Waals surface area contributed by atoms with Gasteiger partial charge in [0.1, 0.15) is 0 Å². The lowest BCUT2D eigenvalue weighted by atomic mass is 9.71. The van der Waals surface area contributed by atoms with Crippen molar-refractivity contribution in [2.75, 3.05) is 0 Å². The van der Waals surface area contributed by atoms with Crippen molar-refractivity contribution >= 4 is 10.8 Å². The molecule has 0 fully saturated rings. The average Bonchev–Trinajstić information content (AvgIpc) is 2.37. The van der Waals surface area contributed by atoms with E-state index in [1.165, 1.54) is 35.6 Å². The molecule has 0 amide bonds. The van der Waals surface area contributed by atoms with Gasteiger partial charge in [-0.1, -0.05) is 58.0 Å². The van der Waals surface area contributed by atoms with E-state index >= 15 is 0 Å². The maximum Gasteiger partial charge on any atom is -0.0100 e. The average molecular weight is 252 g/mol. The molecule has 0 N–H and O–H groups in total. The van der Waals surface area contributed by atoms with E-state index in [0.717, 1.165) is 0 Å². The summed E-state index contributed by atoms with van der Waals surface area (Å²) in [6.45, 7) is 9.31. The molecule has 2 aromatic carbocycles. The summed E-state index contributed by atoms with van der Waals surface area (Å²) in [5, 5.41) is 2.90. The number of hydrogen-bond acceptors (Lipinski definition) is 0. The molecule has 100 valence electrons. The largest absolute Gasteiger partial charge is 0.0587 e. The van der Waals surface area contributed by atoms with Crippen LogP contribution in [0, 0.1) is 0 Å². The monoisotopic (exact) mass is 252 g/mol. The molecular formula is C19H24. The van der Waals surface area contributed by atoms with Crippen LogP contribution in [0.2, 0.25) is 0 Å². The molecule has 0 saturated heterocycles. The van der Waals surface area contributed by atoms with Crippen LogP contribution in [0.5, 0.6) is 0 Å². The Morgan fingerprint density at radius 2 is 1.84 bits per heavy atom. The van der Waals surface area contributed by atoms with Crippen molar-refractivity contribution in [3.63, 3.8) is 0 Å². The normalized spacial score (nSPS) is 17.7. The summed E-state index contributed by atoms with van der Waals surface area (Å²) < 4.78 is 0. The van der Waals surface area contributed by atoms with E-state index in [1.807, 2.05) is 0 Å². The highest BCUT2D eigenvalue weighted by Crippen LogP contribution is 2.40. The van der Waals surface area contributed by atoms with Gasteiger partial charge in [-0.25, -0.2) is 0 Å². The summed E-state index contributed by atoms with van der Waals surface area (Å²) in [7, 11) is 0. The van der Waals surface area contributed by atoms with Crippen LogP contribution in [0.4, 0.5) is 0 Å². The van der Waals surface area contributed by atoms with Crippen LogP contribution >= 0.6 is 0 Å². The van der Waals surface area contributed by atoms with Crippen LogP contribution in [-0.4, -0.2) is 0 Å². The molecule has 0 saturated carbocycles. The van der Waals surface area contributed by atoms with Gasteiger partial charge in [-0.05, 0) is 58.1 Å². The van der Waals surface area contributed by atoms with Crippen molar-refractivity contribution in [3.05, 3.63) is 47.0 Å². The fraction of sp³-hybridized carbons (Fsp3) is 0.474. The van der Waals surface area contributed by atoms with Crippen molar-refractivity contribution in [1.29, 1.82) is 0 Å². The molecule has 0 heteroatoms. The topological polar surface area (TPSA) is 0 Å². The Morgan fingerprint density at radius 1 is 1.05 bits per heavy atom. The third-order valence-electron chi connectivity index (χ3n) is 4.78. The quantitative estimate of drug-likeness (QED) is 0.621. The van der Waals surface area contributed by atoms with E-state index < -0.39 is 0 Å². The van der Waals surface area contributed by atoms with Gasteiger partial charge in [0, 0.05) is 0 Å². The van der Waals surface area contributed by atoms with Crippen molar-refractivity contribution in [2.24, 2.45) is 0 Å². The number of hydrogen-bond donors (Lipinski definition) is 0. The fourth-order valence-electron chi connectivity index (χ4n) is 3.52. The zero-order valence-electron chi connectivity index (χ0n) is 12.6. The first-order chi connectivity index (χ1) is 8.99. The molecule has 0 nitrogen and oxygen atoms in total. The Hall–Kier alpha value is -1.30. The van der Waals surface area contributed by atoms with E-state index in [2.05, 4.69) is 58.0 Å². The van der Waals surface area contributed by atoms with Crippen LogP contribution < -0.4 is 0 Å². The molecule has 1 aliphatic rings. The van der Waals surface area contributed by atoms with Crippen LogP contribution in [0.1, 0.15) is 63.1 Å². The van der Waals surface area contributed by atoms with Gasteiger partial charge in [-0.2, -0.15) is 0 Å². The van der Waals surface area contributed by atoms with Crippen molar-refractivity contribution in [2.45, 2.75) is 58.3 Å². The van der Waals surface area contributed by atoms with Crippen LogP contribution in [0.3, 0.4) is 0 Å². The highest BCUT2D eigenvalue weighted by atomic mass is 14.3. The third kappa shape index (κ3) is 2.08. The smallest absolute Gasteiger partial charge is 0.0100 e. The van der Waals surface area contributed by atoms with E-state index in [4.69, 9.17) is 0 Å². The van der Waals surface area contributed by atoms with Crippen LogP contribution in [0.25, 0.3) is 10.8 Å². The van der Waals surface area contributed by atoms with Crippen LogP contribution in [-0.2, 0) is 11.8 Å². The number of rotatable bonds is 1. The summed E-state index contributed by atoms with van der Waals surface area (Å²) in [5.41, 5.74) is 4.97. The fourth-order valence-corrected chi connectivity index (χ4v) is 3.52. The highest BCUT2D eigenvalue weighted by Gasteiger charge is 2.28. The maximum atomic E-state index is 2.39. The Balaban J connectivity index is 2.23. The van der Waals surface area contributed by atoms with Gasteiger partial charge < -0.3 is 0 Å². The van der Waals surface area contributed by atoms with E-state index in [0.29, 0.717) is 11.3 Å². The Kier molecular flexibility index (Phi) is 2.92. The second-order valence-electron chi connectivity index (χ2n) is 6.96. The molecule has 1 aliphatic carbocycles. The lowest BCUT2D eigenvalue weighted by Gasteiger charge is -2.33. The summed E-state index contributed by atoms with van der Waals surface area (Å²) >= 11 is 0. The molecule has 0 aliphatic heterocycles. The van der Waals surface area contributed by atoms with Gasteiger partial charge in [-0.15, -0.1) is 0 Å². The first-order valence-electron chi connectivity index (χ1n) is 7.55. The van der Waals surface area contributed by atoms with E-state index in [1.54, 1.807) is 11.1 Å². The molecule has 19 heavy (non-hydrogen) atoms. The first-order valence-corrected chi connectivity index (χ1v) is 7.55. The van der Waals surface area contributed by atoms with Gasteiger partial charge in [0.25, 0.3) is 0 Å². The number of fused-ring (bicyclic) bond motifs is 3. The molecule has 0 bridgehead atoms. The number of aryl methyl sites for hydroxylation is 1. The Morgan fingerprint density at radius 3 is 2.58 bits per heavy atom. The minimum Gasteiger partial charge on any atom is -0.0587 e. The van der Waals surface area contributed by atoms with Crippen molar-refractivity contribution in [3.8, 4) is 0 Å². The first kappa shape index (κ1) is 12.7. The predicted octanol–water partition coefficient (Wildman–Crippen LogP) is 5.58. The van der Waals surface area contributed by atoms with Crippen molar-refractivity contribution < 1.29 is 0 Å². The zero-order valence-corrected chi connectivity index (χ0v) is 12.6. The Bertz CT molecular complexity index is 617. The molecule has 3 rings (SSSR count). The second kappa shape index (κ2) is 4.37. The van der Waals surface area contributed by atoms with Gasteiger partial charge in [0.2, 0.25) is 0 Å². The molecule has 0 spiro atoms. The van der Waals surface area contributed by atoms with Crippen molar-refractivity contribution in [1.82, 2.24) is 0 Å². The third-order valence-corrected chi connectivity index (χ3v) is 4.78.